The van der Waals surface area contributed by atoms with Crippen molar-refractivity contribution in [2.24, 2.45) is 0 Å². The molecule has 0 bridgehead atoms. The molecule has 25 heavy (non-hydrogen) atoms. The van der Waals surface area contributed by atoms with Gasteiger partial charge >= 0.3 is 0 Å². The van der Waals surface area contributed by atoms with Gasteiger partial charge in [0, 0.05) is 11.3 Å². The molecule has 0 aliphatic carbocycles. The Morgan fingerprint density at radius 3 is 2.52 bits per heavy atom. The number of nitrogens with one attached hydrogen (secondary N) is 3. The molecule has 0 radical (unpaired) electrons. The number of hydrogen-bond donors (Lipinski definition) is 3. The number of benzene rings is 1. The van der Waals surface area contributed by atoms with Crippen LogP contribution in [-0.2, 0) is 5.75 Å². The van der Waals surface area contributed by atoms with Crippen molar-refractivity contribution >= 4 is 50.8 Å². The van der Waals surface area contributed by atoms with E-state index in [1.165, 1.54) is 29.4 Å². The molecule has 10 heteroatoms. The van der Waals surface area contributed by atoms with Crippen molar-refractivity contribution in [1.29, 1.82) is 0 Å². The first-order valence-electron chi connectivity index (χ1n) is 7.05. The lowest BCUT2D eigenvalue weighted by molar-refractivity contribution is 0.0849. The molecule has 1 aromatic carbocycles. The lowest BCUT2D eigenvalue weighted by atomic mass is 10.1. The minimum absolute atomic E-state index is 0.357. The highest BCUT2D eigenvalue weighted by molar-refractivity contribution is 9.11. The zero-order valence-electron chi connectivity index (χ0n) is 12.7. The number of rotatable bonds is 5. The second kappa shape index (κ2) is 8.28. The van der Waals surface area contributed by atoms with Gasteiger partial charge in [-0.1, -0.05) is 23.9 Å². The van der Waals surface area contributed by atoms with Gasteiger partial charge in [0.15, 0.2) is 5.16 Å². The zero-order valence-corrected chi connectivity index (χ0v) is 15.9. The SMILES string of the molecule is O=C(NNC(=O)c1ccc(Br)s1)c1ccc(CSc2ncn[nH]2)cc1. The van der Waals surface area contributed by atoms with Crippen molar-refractivity contribution in [2.75, 3.05) is 0 Å². The lowest BCUT2D eigenvalue weighted by Gasteiger charge is -2.07. The smallest absolute Gasteiger partial charge is 0.267 e. The minimum Gasteiger partial charge on any atom is -0.267 e. The molecule has 2 amide bonds. The molecular formula is C15H12BrN5O2S2. The molecule has 0 aliphatic heterocycles. The summed E-state index contributed by atoms with van der Waals surface area (Å²) in [5.74, 6) is -0.0244. The van der Waals surface area contributed by atoms with Gasteiger partial charge in [-0.25, -0.2) is 4.98 Å². The van der Waals surface area contributed by atoms with Crippen molar-refractivity contribution in [3.05, 3.63) is 62.5 Å². The van der Waals surface area contributed by atoms with E-state index < -0.39 is 0 Å². The number of carbonyl (C=O) groups excluding carboxylic acids is 2. The van der Waals surface area contributed by atoms with Crippen molar-refractivity contribution in [2.45, 2.75) is 10.9 Å². The summed E-state index contributed by atoms with van der Waals surface area (Å²) in [7, 11) is 0. The Morgan fingerprint density at radius 2 is 1.88 bits per heavy atom. The number of carbonyl (C=O) groups is 2. The molecule has 7 nitrogen and oxygen atoms in total. The number of halogens is 1. The number of amides is 2. The third-order valence-corrected chi connectivity index (χ3v) is 5.64. The van der Waals surface area contributed by atoms with Gasteiger partial charge in [-0.2, -0.15) is 5.10 Å². The van der Waals surface area contributed by atoms with Crippen LogP contribution in [0.25, 0.3) is 0 Å². The fourth-order valence-electron chi connectivity index (χ4n) is 1.85. The molecule has 0 atom stereocenters. The average Bonchev–Trinajstić information content (AvgIpc) is 3.29. The van der Waals surface area contributed by atoms with Crippen LogP contribution in [0.1, 0.15) is 25.6 Å². The predicted molar refractivity (Wildman–Crippen MR) is 99.3 cm³/mol. The maximum atomic E-state index is 12.1. The number of thioether (sulfide) groups is 1. The predicted octanol–water partition coefficient (Wildman–Crippen LogP) is 3.00. The zero-order chi connectivity index (χ0) is 17.6. The maximum Gasteiger partial charge on any atom is 0.279 e. The molecule has 3 rings (SSSR count). The summed E-state index contributed by atoms with van der Waals surface area (Å²) in [5, 5.41) is 7.30. The number of aromatic nitrogens is 3. The Bertz CT molecular complexity index is 864. The quantitative estimate of drug-likeness (QED) is 0.420. The first kappa shape index (κ1) is 17.6. The van der Waals surface area contributed by atoms with E-state index in [-0.39, 0.29) is 11.8 Å². The number of nitrogens with zero attached hydrogens (tertiary/aromatic N) is 2. The summed E-state index contributed by atoms with van der Waals surface area (Å²) < 4.78 is 0.850. The van der Waals surface area contributed by atoms with Crippen LogP contribution in [0.2, 0.25) is 0 Å². The second-order valence-corrected chi connectivity index (χ2v) is 8.22. The van der Waals surface area contributed by atoms with Crippen LogP contribution in [0.15, 0.2) is 51.7 Å². The standard InChI is InChI=1S/C15H12BrN5O2S2/c16-12-6-5-11(25-12)14(23)20-19-13(22)10-3-1-9(2-4-10)7-24-15-17-8-18-21-15/h1-6,8H,7H2,(H,19,22)(H,20,23)(H,17,18,21). The Balaban J connectivity index is 1.51. The summed E-state index contributed by atoms with van der Waals surface area (Å²) in [6.45, 7) is 0. The van der Waals surface area contributed by atoms with Crippen molar-refractivity contribution in [3.8, 4) is 0 Å². The van der Waals surface area contributed by atoms with Crippen molar-refractivity contribution < 1.29 is 9.59 Å². The first-order chi connectivity index (χ1) is 12.1. The monoisotopic (exact) mass is 437 g/mol. The number of thiophene rings is 1. The normalized spacial score (nSPS) is 10.4. The molecule has 0 saturated carbocycles. The first-order valence-corrected chi connectivity index (χ1v) is 9.64. The van der Waals surface area contributed by atoms with Gasteiger partial charge in [0.05, 0.1) is 8.66 Å². The Hall–Kier alpha value is -2.17. The molecular weight excluding hydrogens is 426 g/mol. The Morgan fingerprint density at radius 1 is 1.12 bits per heavy atom. The van der Waals surface area contributed by atoms with Crippen LogP contribution in [0.4, 0.5) is 0 Å². The van der Waals surface area contributed by atoms with Gasteiger partial charge in [0.2, 0.25) is 0 Å². The summed E-state index contributed by atoms with van der Waals surface area (Å²) >= 11 is 6.10. The number of H-pyrrole nitrogens is 1. The van der Waals surface area contributed by atoms with E-state index in [1.54, 1.807) is 24.3 Å². The number of aromatic amines is 1. The fourth-order valence-corrected chi connectivity index (χ4v) is 3.87. The highest BCUT2D eigenvalue weighted by Crippen LogP contribution is 2.21. The molecule has 3 N–H and O–H groups in total. The van der Waals surface area contributed by atoms with Gasteiger partial charge in [-0.3, -0.25) is 25.5 Å². The highest BCUT2D eigenvalue weighted by atomic mass is 79.9. The molecule has 2 heterocycles. The summed E-state index contributed by atoms with van der Waals surface area (Å²) in [6.07, 6.45) is 1.46. The molecule has 2 aromatic heterocycles. The Labute approximate surface area is 159 Å². The van der Waals surface area contributed by atoms with Crippen molar-refractivity contribution in [1.82, 2.24) is 26.0 Å². The maximum absolute atomic E-state index is 12.1. The fraction of sp³-hybridized carbons (Fsp3) is 0.0667. The van der Waals surface area contributed by atoms with E-state index in [2.05, 4.69) is 42.0 Å². The molecule has 3 aromatic rings. The van der Waals surface area contributed by atoms with Crippen LogP contribution in [0.3, 0.4) is 0 Å². The molecule has 0 saturated heterocycles. The second-order valence-electron chi connectivity index (χ2n) is 4.79. The molecule has 0 aliphatic rings. The third kappa shape index (κ3) is 4.91. The highest BCUT2D eigenvalue weighted by Gasteiger charge is 2.11. The van der Waals surface area contributed by atoms with Crippen molar-refractivity contribution in [3.63, 3.8) is 0 Å². The van der Waals surface area contributed by atoms with Gasteiger partial charge in [-0.05, 0) is 45.8 Å². The Kier molecular flexibility index (Phi) is 5.84. The van der Waals surface area contributed by atoms with E-state index in [1.807, 2.05) is 12.1 Å². The van der Waals surface area contributed by atoms with E-state index in [0.29, 0.717) is 16.2 Å². The topological polar surface area (TPSA) is 99.8 Å². The van der Waals surface area contributed by atoms with Crippen LogP contribution in [0, 0.1) is 0 Å². The van der Waals surface area contributed by atoms with Gasteiger partial charge in [-0.15, -0.1) is 11.3 Å². The van der Waals surface area contributed by atoms with Gasteiger partial charge in [0.1, 0.15) is 6.33 Å². The average molecular weight is 438 g/mol. The van der Waals surface area contributed by atoms with Crippen LogP contribution in [-0.4, -0.2) is 27.0 Å². The molecule has 0 unspecified atom stereocenters. The summed E-state index contributed by atoms with van der Waals surface area (Å²) in [5.41, 5.74) is 6.31. The molecule has 0 spiro atoms. The van der Waals surface area contributed by atoms with E-state index in [0.717, 1.165) is 14.5 Å². The summed E-state index contributed by atoms with van der Waals surface area (Å²) in [6, 6.07) is 10.6. The van der Waals surface area contributed by atoms with Crippen LogP contribution in [0.5, 0.6) is 0 Å². The van der Waals surface area contributed by atoms with Gasteiger partial charge < -0.3 is 0 Å². The number of hydrazine groups is 1. The molecule has 128 valence electrons. The largest absolute Gasteiger partial charge is 0.279 e. The van der Waals surface area contributed by atoms with E-state index in [9.17, 15) is 9.59 Å². The van der Waals surface area contributed by atoms with E-state index >= 15 is 0 Å². The van der Waals surface area contributed by atoms with E-state index in [4.69, 9.17) is 0 Å². The molecule has 0 fully saturated rings. The lowest BCUT2D eigenvalue weighted by Crippen LogP contribution is -2.41. The van der Waals surface area contributed by atoms with Crippen LogP contribution >= 0.6 is 39.0 Å². The van der Waals surface area contributed by atoms with Gasteiger partial charge in [0.25, 0.3) is 11.8 Å². The van der Waals surface area contributed by atoms with Crippen LogP contribution < -0.4 is 10.9 Å². The summed E-state index contributed by atoms with van der Waals surface area (Å²) in [4.78, 5) is 28.5. The number of hydrogen-bond acceptors (Lipinski definition) is 6. The minimum atomic E-state index is -0.376. The third-order valence-electron chi connectivity index (χ3n) is 3.07.